The Morgan fingerprint density at radius 3 is 2.66 bits per heavy atom. The predicted molar refractivity (Wildman–Crippen MR) is 111 cm³/mol. The molecule has 0 radical (unpaired) electrons. The molecule has 5 heteroatoms. The van der Waals surface area contributed by atoms with Crippen LogP contribution < -0.4 is 0 Å². The summed E-state index contributed by atoms with van der Waals surface area (Å²) in [7, 11) is 0. The lowest BCUT2D eigenvalue weighted by molar-refractivity contribution is -0.0795. The molecule has 1 unspecified atom stereocenters. The molecule has 2 N–H and O–H groups in total. The highest BCUT2D eigenvalue weighted by Crippen LogP contribution is 2.44. The molecule has 2 heterocycles. The first kappa shape index (κ1) is 20.0. The Bertz CT molecular complexity index is 1060. The molecule has 0 saturated carbocycles. The van der Waals surface area contributed by atoms with Gasteiger partial charge in [0, 0.05) is 35.6 Å². The second-order valence-corrected chi connectivity index (χ2v) is 8.17. The van der Waals surface area contributed by atoms with E-state index < -0.39 is 17.2 Å². The van der Waals surface area contributed by atoms with Crippen LogP contribution in [0.5, 0.6) is 0 Å². The smallest absolute Gasteiger partial charge is 0.133 e. The van der Waals surface area contributed by atoms with Crippen molar-refractivity contribution in [3.63, 3.8) is 0 Å². The zero-order chi connectivity index (χ0) is 20.8. The predicted octanol–water partition coefficient (Wildman–Crippen LogP) is 5.80. The summed E-state index contributed by atoms with van der Waals surface area (Å²) in [4.78, 5) is 3.61. The SMILES string of the molecule is CCC1(CCO)OCCc2c1[nH]c1c(C(C)C)cc(-c3ccc(F)cc3F)cc21. The number of hydrogen-bond donors (Lipinski definition) is 2. The summed E-state index contributed by atoms with van der Waals surface area (Å²) < 4.78 is 34.1. The van der Waals surface area contributed by atoms with E-state index in [-0.39, 0.29) is 12.5 Å². The number of rotatable bonds is 5. The summed E-state index contributed by atoms with van der Waals surface area (Å²) in [6, 6.07) is 7.71. The van der Waals surface area contributed by atoms with Gasteiger partial charge in [0.15, 0.2) is 0 Å². The Morgan fingerprint density at radius 1 is 1.21 bits per heavy atom. The van der Waals surface area contributed by atoms with E-state index in [9.17, 15) is 13.9 Å². The molecule has 1 aliphatic rings. The maximum absolute atomic E-state index is 14.5. The summed E-state index contributed by atoms with van der Waals surface area (Å²) >= 11 is 0. The van der Waals surface area contributed by atoms with Gasteiger partial charge in [-0.15, -0.1) is 0 Å². The van der Waals surface area contributed by atoms with Crippen LogP contribution in [0.4, 0.5) is 8.78 Å². The van der Waals surface area contributed by atoms with Crippen molar-refractivity contribution in [3.8, 4) is 11.1 Å². The van der Waals surface area contributed by atoms with Crippen molar-refractivity contribution >= 4 is 10.9 Å². The van der Waals surface area contributed by atoms with Crippen LogP contribution in [-0.4, -0.2) is 23.3 Å². The molecule has 154 valence electrons. The van der Waals surface area contributed by atoms with Crippen molar-refractivity contribution in [1.29, 1.82) is 0 Å². The van der Waals surface area contributed by atoms with Crippen LogP contribution in [-0.2, 0) is 16.8 Å². The Morgan fingerprint density at radius 2 is 2.00 bits per heavy atom. The van der Waals surface area contributed by atoms with Gasteiger partial charge in [-0.3, -0.25) is 0 Å². The van der Waals surface area contributed by atoms with Gasteiger partial charge in [0.05, 0.1) is 12.3 Å². The number of fused-ring (bicyclic) bond motifs is 3. The molecule has 0 saturated heterocycles. The van der Waals surface area contributed by atoms with Gasteiger partial charge in [0.1, 0.15) is 17.2 Å². The number of nitrogens with one attached hydrogen (secondary N) is 1. The molecule has 0 fully saturated rings. The third kappa shape index (κ3) is 3.26. The lowest BCUT2D eigenvalue weighted by Crippen LogP contribution is -2.36. The third-order valence-corrected chi connectivity index (χ3v) is 6.18. The van der Waals surface area contributed by atoms with Crippen LogP contribution in [0, 0.1) is 11.6 Å². The fourth-order valence-electron chi connectivity index (χ4n) is 4.61. The van der Waals surface area contributed by atoms with Crippen LogP contribution in [0.15, 0.2) is 30.3 Å². The summed E-state index contributed by atoms with van der Waals surface area (Å²) in [5.74, 6) is -0.921. The maximum atomic E-state index is 14.5. The number of aromatic amines is 1. The molecule has 1 atom stereocenters. The number of ether oxygens (including phenoxy) is 1. The van der Waals surface area contributed by atoms with Crippen LogP contribution in [0.25, 0.3) is 22.0 Å². The zero-order valence-corrected chi connectivity index (χ0v) is 17.1. The zero-order valence-electron chi connectivity index (χ0n) is 17.1. The molecule has 4 rings (SSSR count). The first-order valence-electron chi connectivity index (χ1n) is 10.3. The Labute approximate surface area is 169 Å². The van der Waals surface area contributed by atoms with Gasteiger partial charge in [-0.1, -0.05) is 20.8 Å². The number of aliphatic hydroxyl groups excluding tert-OH is 1. The van der Waals surface area contributed by atoms with Crippen LogP contribution >= 0.6 is 0 Å². The van der Waals surface area contributed by atoms with Crippen molar-refractivity contribution in [2.45, 2.75) is 51.6 Å². The van der Waals surface area contributed by atoms with Gasteiger partial charge >= 0.3 is 0 Å². The van der Waals surface area contributed by atoms with Gasteiger partial charge in [-0.2, -0.15) is 0 Å². The lowest BCUT2D eigenvalue weighted by Gasteiger charge is -2.36. The van der Waals surface area contributed by atoms with Crippen molar-refractivity contribution in [2.75, 3.05) is 13.2 Å². The molecule has 3 nitrogen and oxygen atoms in total. The molecule has 1 aliphatic heterocycles. The second-order valence-electron chi connectivity index (χ2n) is 8.17. The van der Waals surface area contributed by atoms with E-state index in [1.807, 2.05) is 12.1 Å². The number of halogens is 2. The lowest BCUT2D eigenvalue weighted by atomic mass is 9.86. The highest BCUT2D eigenvalue weighted by molar-refractivity contribution is 5.92. The van der Waals surface area contributed by atoms with Crippen LogP contribution in [0.2, 0.25) is 0 Å². The first-order valence-corrected chi connectivity index (χ1v) is 10.3. The van der Waals surface area contributed by atoms with E-state index in [1.165, 1.54) is 17.7 Å². The molecular formula is C24H27F2NO2. The molecule has 0 spiro atoms. The van der Waals surface area contributed by atoms with Gasteiger partial charge in [0.25, 0.3) is 0 Å². The summed E-state index contributed by atoms with van der Waals surface area (Å²) in [5, 5.41) is 10.7. The first-order chi connectivity index (χ1) is 13.9. The minimum absolute atomic E-state index is 0.0473. The highest BCUT2D eigenvalue weighted by Gasteiger charge is 2.38. The van der Waals surface area contributed by atoms with Crippen molar-refractivity contribution < 1.29 is 18.6 Å². The van der Waals surface area contributed by atoms with E-state index in [1.54, 1.807) is 0 Å². The minimum atomic E-state index is -0.579. The number of aliphatic hydroxyl groups is 1. The highest BCUT2D eigenvalue weighted by atomic mass is 19.1. The minimum Gasteiger partial charge on any atom is -0.396 e. The third-order valence-electron chi connectivity index (χ3n) is 6.18. The quantitative estimate of drug-likeness (QED) is 0.570. The fraction of sp³-hybridized carbons (Fsp3) is 0.417. The second kappa shape index (κ2) is 7.54. The molecule has 2 aromatic carbocycles. The summed E-state index contributed by atoms with van der Waals surface area (Å²) in [6.45, 7) is 6.91. The van der Waals surface area contributed by atoms with Crippen LogP contribution in [0.1, 0.15) is 56.4 Å². The molecule has 3 aromatic rings. The number of benzene rings is 2. The average Bonchev–Trinajstić information content (AvgIpc) is 3.07. The van der Waals surface area contributed by atoms with E-state index in [2.05, 4.69) is 25.8 Å². The Kier molecular flexibility index (Phi) is 5.21. The van der Waals surface area contributed by atoms with Gasteiger partial charge in [0.2, 0.25) is 0 Å². The van der Waals surface area contributed by atoms with Gasteiger partial charge in [-0.25, -0.2) is 8.78 Å². The number of H-pyrrole nitrogens is 1. The normalized spacial score (nSPS) is 19.1. The number of hydrogen-bond acceptors (Lipinski definition) is 2. The van der Waals surface area contributed by atoms with E-state index >= 15 is 0 Å². The van der Waals surface area contributed by atoms with E-state index in [4.69, 9.17) is 4.74 Å². The monoisotopic (exact) mass is 399 g/mol. The Hall–Kier alpha value is -2.24. The van der Waals surface area contributed by atoms with Gasteiger partial charge < -0.3 is 14.8 Å². The summed E-state index contributed by atoms with van der Waals surface area (Å²) in [5.41, 5.74) is 4.94. The van der Waals surface area contributed by atoms with Crippen molar-refractivity contribution in [2.24, 2.45) is 0 Å². The molecule has 0 amide bonds. The van der Waals surface area contributed by atoms with Gasteiger partial charge in [-0.05, 0) is 59.7 Å². The largest absolute Gasteiger partial charge is 0.396 e. The average molecular weight is 399 g/mol. The van der Waals surface area contributed by atoms with E-state index in [0.29, 0.717) is 18.6 Å². The fourth-order valence-corrected chi connectivity index (χ4v) is 4.61. The topological polar surface area (TPSA) is 45.2 Å². The molecule has 1 aromatic heterocycles. The molecule has 0 aliphatic carbocycles. The van der Waals surface area contributed by atoms with E-state index in [0.717, 1.165) is 46.6 Å². The van der Waals surface area contributed by atoms with Crippen molar-refractivity contribution in [1.82, 2.24) is 4.98 Å². The molecule has 0 bridgehead atoms. The number of aromatic nitrogens is 1. The summed E-state index contributed by atoms with van der Waals surface area (Å²) in [6.07, 6.45) is 2.04. The molecular weight excluding hydrogens is 372 g/mol. The van der Waals surface area contributed by atoms with Crippen molar-refractivity contribution in [3.05, 3.63) is 58.8 Å². The standard InChI is InChI=1S/C24H27F2NO2/c1-4-24(8-9-28)23-18(7-10-29-24)20-12-15(11-19(14(2)3)22(20)27-23)17-6-5-16(25)13-21(17)26/h5-6,11-14,27-28H,4,7-10H2,1-3H3. The maximum Gasteiger partial charge on any atom is 0.133 e. The Balaban J connectivity index is 1.99. The van der Waals surface area contributed by atoms with Crippen LogP contribution in [0.3, 0.4) is 0 Å². The molecule has 29 heavy (non-hydrogen) atoms.